The molecule has 0 spiro atoms. The molecule has 0 aliphatic rings. The summed E-state index contributed by atoms with van der Waals surface area (Å²) in [6, 6.07) is 11.0. The van der Waals surface area contributed by atoms with Crippen molar-refractivity contribution in [3.63, 3.8) is 0 Å². The molecule has 0 saturated heterocycles. The zero-order valence-corrected chi connectivity index (χ0v) is 23.1. The monoisotopic (exact) mass is 535 g/mol. The van der Waals surface area contributed by atoms with Crippen LogP contribution >= 0.6 is 0 Å². The lowest BCUT2D eigenvalue weighted by molar-refractivity contribution is -0.139. The highest BCUT2D eigenvalue weighted by Crippen LogP contribution is 2.34. The van der Waals surface area contributed by atoms with Gasteiger partial charge >= 0.3 is 0 Å². The number of nitrogens with one attached hydrogen (secondary N) is 1. The minimum absolute atomic E-state index is 0.0746. The predicted molar refractivity (Wildman–Crippen MR) is 143 cm³/mol. The Bertz CT molecular complexity index is 1170. The van der Waals surface area contributed by atoms with Gasteiger partial charge in [-0.3, -0.25) is 13.9 Å². The van der Waals surface area contributed by atoms with Gasteiger partial charge in [0, 0.05) is 19.2 Å². The lowest BCUT2D eigenvalue weighted by Gasteiger charge is -2.32. The Hall–Kier alpha value is -3.47. The van der Waals surface area contributed by atoms with Crippen molar-refractivity contribution in [2.24, 2.45) is 0 Å². The van der Waals surface area contributed by atoms with Crippen LogP contribution in [0.15, 0.2) is 42.5 Å². The highest BCUT2D eigenvalue weighted by molar-refractivity contribution is 7.92. The molecular weight excluding hydrogens is 498 g/mol. The number of unbranched alkanes of at least 4 members (excludes halogenated alkanes) is 1. The molecule has 11 heteroatoms. The zero-order valence-electron chi connectivity index (χ0n) is 22.3. The number of amides is 2. The third kappa shape index (κ3) is 8.28. The van der Waals surface area contributed by atoms with Crippen molar-refractivity contribution in [1.82, 2.24) is 10.2 Å². The number of rotatable bonds is 14. The summed E-state index contributed by atoms with van der Waals surface area (Å²) in [4.78, 5) is 28.0. The average Bonchev–Trinajstić information content (AvgIpc) is 2.88. The summed E-state index contributed by atoms with van der Waals surface area (Å²) in [6.07, 6.45) is 2.72. The van der Waals surface area contributed by atoms with Crippen LogP contribution in [0, 0.1) is 0 Å². The molecule has 0 heterocycles. The standard InChI is InChI=1S/C26H37N3O7S/c1-7-8-14-27-26(31)19(2)28(17-20-10-9-11-21(15-20)34-3)25(30)18-29(37(6,32)33)23-16-22(35-4)12-13-24(23)36-5/h9-13,15-16,19H,7-8,14,17-18H2,1-6H3,(H,27,31)/t19-/m1/s1. The molecular formula is C26H37N3O7S. The van der Waals surface area contributed by atoms with Crippen molar-refractivity contribution in [2.75, 3.05) is 45.0 Å². The Kier molecular flexibility index (Phi) is 11.0. The van der Waals surface area contributed by atoms with E-state index in [-0.39, 0.29) is 23.9 Å². The van der Waals surface area contributed by atoms with Gasteiger partial charge in [0.15, 0.2) is 0 Å². The number of ether oxygens (including phenoxy) is 3. The van der Waals surface area contributed by atoms with Crippen LogP contribution in [0.4, 0.5) is 5.69 Å². The van der Waals surface area contributed by atoms with Crippen molar-refractivity contribution in [1.29, 1.82) is 0 Å². The van der Waals surface area contributed by atoms with Crippen molar-refractivity contribution in [3.05, 3.63) is 48.0 Å². The average molecular weight is 536 g/mol. The van der Waals surface area contributed by atoms with E-state index in [0.29, 0.717) is 18.0 Å². The van der Waals surface area contributed by atoms with E-state index in [1.807, 2.05) is 13.0 Å². The molecule has 37 heavy (non-hydrogen) atoms. The molecule has 2 rings (SSSR count). The van der Waals surface area contributed by atoms with E-state index >= 15 is 0 Å². The van der Waals surface area contributed by atoms with Gasteiger partial charge in [0.1, 0.15) is 29.8 Å². The van der Waals surface area contributed by atoms with Crippen molar-refractivity contribution >= 4 is 27.5 Å². The molecule has 0 unspecified atom stereocenters. The van der Waals surface area contributed by atoms with Crippen molar-refractivity contribution < 1.29 is 32.2 Å². The van der Waals surface area contributed by atoms with E-state index in [0.717, 1.165) is 29.0 Å². The number of hydrogen-bond acceptors (Lipinski definition) is 7. The lowest BCUT2D eigenvalue weighted by atomic mass is 10.1. The van der Waals surface area contributed by atoms with E-state index in [9.17, 15) is 18.0 Å². The Balaban J connectivity index is 2.46. The smallest absolute Gasteiger partial charge is 0.244 e. The summed E-state index contributed by atoms with van der Waals surface area (Å²) in [6.45, 7) is 3.65. The quantitative estimate of drug-likeness (QED) is 0.370. The third-order valence-corrected chi connectivity index (χ3v) is 6.94. The number of carbonyl (C=O) groups excluding carboxylic acids is 2. The fourth-order valence-corrected chi connectivity index (χ4v) is 4.52. The highest BCUT2D eigenvalue weighted by atomic mass is 32.2. The molecule has 2 aromatic carbocycles. The van der Waals surface area contributed by atoms with Crippen molar-refractivity contribution in [2.45, 2.75) is 39.3 Å². The molecule has 0 radical (unpaired) electrons. The maximum absolute atomic E-state index is 13.7. The summed E-state index contributed by atoms with van der Waals surface area (Å²) in [5, 5.41) is 2.85. The second kappa shape index (κ2) is 13.7. The predicted octanol–water partition coefficient (Wildman–Crippen LogP) is 2.81. The Labute approximate surface area is 219 Å². The van der Waals surface area contributed by atoms with Crippen LogP contribution in [0.3, 0.4) is 0 Å². The van der Waals surface area contributed by atoms with Crippen LogP contribution in [0.2, 0.25) is 0 Å². The van der Waals surface area contributed by atoms with Crippen LogP contribution in [0.5, 0.6) is 17.2 Å². The largest absolute Gasteiger partial charge is 0.497 e. The van der Waals surface area contributed by atoms with E-state index in [1.54, 1.807) is 37.3 Å². The molecule has 0 fully saturated rings. The van der Waals surface area contributed by atoms with Crippen LogP contribution in [-0.4, -0.2) is 71.8 Å². The first-order valence-corrected chi connectivity index (χ1v) is 13.8. The fourth-order valence-electron chi connectivity index (χ4n) is 3.67. The first-order valence-electron chi connectivity index (χ1n) is 12.0. The molecule has 1 atom stereocenters. The van der Waals surface area contributed by atoms with Gasteiger partial charge in [-0.2, -0.15) is 0 Å². The van der Waals surface area contributed by atoms with Gasteiger partial charge in [0.25, 0.3) is 0 Å². The minimum atomic E-state index is -3.92. The molecule has 2 amide bonds. The number of hydrogen-bond donors (Lipinski definition) is 1. The number of methoxy groups -OCH3 is 3. The van der Waals surface area contributed by atoms with Gasteiger partial charge in [0.2, 0.25) is 21.8 Å². The minimum Gasteiger partial charge on any atom is -0.497 e. The van der Waals surface area contributed by atoms with Crippen LogP contribution in [0.25, 0.3) is 0 Å². The van der Waals surface area contributed by atoms with Gasteiger partial charge < -0.3 is 24.4 Å². The van der Waals surface area contributed by atoms with Gasteiger partial charge in [-0.15, -0.1) is 0 Å². The molecule has 204 valence electrons. The van der Waals surface area contributed by atoms with Gasteiger partial charge in [0.05, 0.1) is 33.3 Å². The summed E-state index contributed by atoms with van der Waals surface area (Å²) in [7, 11) is 0.480. The zero-order chi connectivity index (χ0) is 27.6. The van der Waals surface area contributed by atoms with Gasteiger partial charge in [-0.05, 0) is 43.2 Å². The summed E-state index contributed by atoms with van der Waals surface area (Å²) in [5.41, 5.74) is 0.879. The van der Waals surface area contributed by atoms with Crippen LogP contribution in [0.1, 0.15) is 32.3 Å². The maximum Gasteiger partial charge on any atom is 0.244 e. The molecule has 0 aliphatic heterocycles. The fraction of sp³-hybridized carbons (Fsp3) is 0.462. The maximum atomic E-state index is 13.7. The molecule has 2 aromatic rings. The van der Waals surface area contributed by atoms with Gasteiger partial charge in [-0.25, -0.2) is 8.42 Å². The highest BCUT2D eigenvalue weighted by Gasteiger charge is 2.31. The Morgan fingerprint density at radius 2 is 1.68 bits per heavy atom. The second-order valence-electron chi connectivity index (χ2n) is 8.50. The van der Waals surface area contributed by atoms with Crippen LogP contribution < -0.4 is 23.8 Å². The van der Waals surface area contributed by atoms with E-state index < -0.39 is 28.5 Å². The van der Waals surface area contributed by atoms with Crippen LogP contribution in [-0.2, 0) is 26.2 Å². The Morgan fingerprint density at radius 1 is 1.00 bits per heavy atom. The van der Waals surface area contributed by atoms with E-state index in [1.165, 1.54) is 32.3 Å². The summed E-state index contributed by atoms with van der Waals surface area (Å²) < 4.78 is 42.5. The normalized spacial score (nSPS) is 11.8. The van der Waals surface area contributed by atoms with E-state index in [2.05, 4.69) is 5.32 Å². The lowest BCUT2D eigenvalue weighted by Crippen LogP contribution is -2.51. The molecule has 10 nitrogen and oxygen atoms in total. The number of benzene rings is 2. The molecule has 0 aromatic heterocycles. The van der Waals surface area contributed by atoms with Gasteiger partial charge in [-0.1, -0.05) is 25.5 Å². The first-order chi connectivity index (χ1) is 17.5. The molecule has 0 aliphatic carbocycles. The number of sulfonamides is 1. The summed E-state index contributed by atoms with van der Waals surface area (Å²) >= 11 is 0. The SMILES string of the molecule is CCCCNC(=O)[C@@H](C)N(Cc1cccc(OC)c1)C(=O)CN(c1cc(OC)ccc1OC)S(C)(=O)=O. The summed E-state index contributed by atoms with van der Waals surface area (Å²) in [5.74, 6) is 0.368. The second-order valence-corrected chi connectivity index (χ2v) is 10.4. The van der Waals surface area contributed by atoms with E-state index in [4.69, 9.17) is 14.2 Å². The van der Waals surface area contributed by atoms with Crippen molar-refractivity contribution in [3.8, 4) is 17.2 Å². The molecule has 0 bridgehead atoms. The number of nitrogens with zero attached hydrogens (tertiary/aromatic N) is 2. The Morgan fingerprint density at radius 3 is 2.27 bits per heavy atom. The number of anilines is 1. The topological polar surface area (TPSA) is 114 Å². The third-order valence-electron chi connectivity index (χ3n) is 5.82. The molecule has 0 saturated carbocycles. The molecule has 1 N–H and O–H groups in total. The first kappa shape index (κ1) is 29.8. The number of carbonyl (C=O) groups is 2.